The fourth-order valence-electron chi connectivity index (χ4n) is 3.47. The van der Waals surface area contributed by atoms with Gasteiger partial charge in [0.2, 0.25) is 0 Å². The first-order valence-corrected chi connectivity index (χ1v) is 11.0. The van der Waals surface area contributed by atoms with Gasteiger partial charge in [-0.25, -0.2) is 4.98 Å². The van der Waals surface area contributed by atoms with E-state index >= 15 is 0 Å². The summed E-state index contributed by atoms with van der Waals surface area (Å²) in [5, 5.41) is 9.95. The van der Waals surface area contributed by atoms with Crippen molar-refractivity contribution in [2.75, 3.05) is 11.9 Å². The van der Waals surface area contributed by atoms with Crippen LogP contribution in [0.5, 0.6) is 0 Å². The molecule has 0 spiro atoms. The predicted molar refractivity (Wildman–Crippen MR) is 115 cm³/mol. The van der Waals surface area contributed by atoms with Crippen molar-refractivity contribution in [3.63, 3.8) is 0 Å². The van der Waals surface area contributed by atoms with E-state index in [0.29, 0.717) is 29.9 Å². The lowest BCUT2D eigenvalue weighted by Gasteiger charge is -2.28. The first-order chi connectivity index (χ1) is 13.0. The zero-order chi connectivity index (χ0) is 19.6. The number of aromatic nitrogens is 1. The van der Waals surface area contributed by atoms with Crippen LogP contribution in [-0.2, 0) is 0 Å². The van der Waals surface area contributed by atoms with E-state index in [1.165, 1.54) is 32.1 Å². The normalized spacial score (nSPS) is 17.3. The molecule has 2 atom stereocenters. The third-order valence-electron chi connectivity index (χ3n) is 5.21. The highest BCUT2D eigenvalue weighted by atomic mass is 79.9. The molecular weight excluding hydrogens is 406 g/mol. The molecule has 6 nitrogen and oxygen atoms in total. The number of hydrogen-bond donors (Lipinski definition) is 4. The summed E-state index contributed by atoms with van der Waals surface area (Å²) in [6.07, 6.45) is 10.8. The van der Waals surface area contributed by atoms with Gasteiger partial charge in [0.25, 0.3) is 5.91 Å². The molecule has 27 heavy (non-hydrogen) atoms. The van der Waals surface area contributed by atoms with E-state index in [4.69, 9.17) is 5.73 Å². The molecule has 1 aromatic heterocycles. The Hall–Kier alpha value is -1.18. The van der Waals surface area contributed by atoms with Crippen LogP contribution in [0.4, 0.5) is 5.82 Å². The van der Waals surface area contributed by atoms with E-state index < -0.39 is 0 Å². The average Bonchev–Trinajstić information content (AvgIpc) is 2.68. The van der Waals surface area contributed by atoms with Crippen molar-refractivity contribution in [2.24, 2.45) is 5.73 Å². The van der Waals surface area contributed by atoms with Gasteiger partial charge in [0.05, 0.1) is 11.7 Å². The highest BCUT2D eigenvalue weighted by Crippen LogP contribution is 2.20. The second-order valence-electron chi connectivity index (χ2n) is 7.36. The minimum Gasteiger partial charge on any atom is -0.369 e. The van der Waals surface area contributed by atoms with E-state index in [2.05, 4.69) is 43.8 Å². The Labute approximate surface area is 171 Å². The summed E-state index contributed by atoms with van der Waals surface area (Å²) in [5.74, 6) is 0.402. The van der Waals surface area contributed by atoms with E-state index in [1.807, 2.05) is 6.92 Å². The second kappa shape index (κ2) is 11.6. The quantitative estimate of drug-likeness (QED) is 0.416. The van der Waals surface area contributed by atoms with E-state index in [-0.39, 0.29) is 12.1 Å². The smallest absolute Gasteiger partial charge is 0.256 e. The van der Waals surface area contributed by atoms with Gasteiger partial charge in [0, 0.05) is 29.3 Å². The van der Waals surface area contributed by atoms with Crippen LogP contribution in [0.3, 0.4) is 0 Å². The van der Waals surface area contributed by atoms with Crippen molar-refractivity contribution >= 4 is 27.7 Å². The molecule has 0 saturated heterocycles. The number of nitrogens with one attached hydrogen (secondary N) is 3. The first kappa shape index (κ1) is 22.1. The Morgan fingerprint density at radius 2 is 2.04 bits per heavy atom. The zero-order valence-electron chi connectivity index (χ0n) is 16.6. The maximum Gasteiger partial charge on any atom is 0.256 e. The fourth-order valence-corrected chi connectivity index (χ4v) is 3.81. The van der Waals surface area contributed by atoms with Gasteiger partial charge in [0.15, 0.2) is 0 Å². The lowest BCUT2D eigenvalue weighted by Crippen LogP contribution is -2.41. The molecule has 0 bridgehead atoms. The SMILES string of the molecule is CCC(N)NC(=O)c1cc(Br)cnc1NCCC(CC)NC1CCCCC1. The fraction of sp³-hybridized carbons (Fsp3) is 0.700. The second-order valence-corrected chi connectivity index (χ2v) is 8.28. The summed E-state index contributed by atoms with van der Waals surface area (Å²) >= 11 is 3.39. The minimum absolute atomic E-state index is 0.201. The molecule has 2 unspecified atom stereocenters. The van der Waals surface area contributed by atoms with Gasteiger partial charge >= 0.3 is 0 Å². The van der Waals surface area contributed by atoms with Gasteiger partial charge in [-0.1, -0.05) is 33.1 Å². The van der Waals surface area contributed by atoms with Gasteiger partial charge in [-0.15, -0.1) is 0 Å². The highest BCUT2D eigenvalue weighted by Gasteiger charge is 2.18. The van der Waals surface area contributed by atoms with Crippen LogP contribution in [0.25, 0.3) is 0 Å². The van der Waals surface area contributed by atoms with Crippen molar-refractivity contribution in [3.05, 3.63) is 22.3 Å². The van der Waals surface area contributed by atoms with Crippen molar-refractivity contribution in [3.8, 4) is 0 Å². The Kier molecular flexibility index (Phi) is 9.51. The predicted octanol–water partition coefficient (Wildman–Crippen LogP) is 3.77. The zero-order valence-corrected chi connectivity index (χ0v) is 18.1. The van der Waals surface area contributed by atoms with E-state index in [1.54, 1.807) is 12.3 Å². The van der Waals surface area contributed by atoms with Crippen LogP contribution in [0.15, 0.2) is 16.7 Å². The van der Waals surface area contributed by atoms with Gasteiger partial charge in [-0.3, -0.25) is 4.79 Å². The number of amides is 1. The Bertz CT molecular complexity index is 592. The monoisotopic (exact) mass is 439 g/mol. The summed E-state index contributed by atoms with van der Waals surface area (Å²) in [4.78, 5) is 16.9. The number of hydrogen-bond acceptors (Lipinski definition) is 5. The maximum atomic E-state index is 12.5. The summed E-state index contributed by atoms with van der Waals surface area (Å²) in [7, 11) is 0. The van der Waals surface area contributed by atoms with Crippen molar-refractivity contribution < 1.29 is 4.79 Å². The van der Waals surface area contributed by atoms with Gasteiger partial charge in [-0.05, 0) is 54.1 Å². The summed E-state index contributed by atoms with van der Waals surface area (Å²) in [6.45, 7) is 4.93. The lowest BCUT2D eigenvalue weighted by molar-refractivity contribution is 0.0937. The number of carbonyl (C=O) groups excluding carboxylic acids is 1. The minimum atomic E-state index is -0.353. The molecule has 152 valence electrons. The summed E-state index contributed by atoms with van der Waals surface area (Å²) < 4.78 is 0.772. The van der Waals surface area contributed by atoms with Crippen molar-refractivity contribution in [2.45, 2.75) is 83.5 Å². The summed E-state index contributed by atoms with van der Waals surface area (Å²) in [5.41, 5.74) is 6.37. The number of halogens is 1. The van der Waals surface area contributed by atoms with Gasteiger partial charge in [0.1, 0.15) is 5.82 Å². The topological polar surface area (TPSA) is 92.1 Å². The molecule has 0 aromatic carbocycles. The Morgan fingerprint density at radius 1 is 1.30 bits per heavy atom. The average molecular weight is 440 g/mol. The molecule has 1 amide bonds. The molecule has 1 aliphatic rings. The van der Waals surface area contributed by atoms with Crippen LogP contribution in [0, 0.1) is 0 Å². The number of nitrogens with two attached hydrogens (primary N) is 1. The van der Waals surface area contributed by atoms with E-state index in [0.717, 1.165) is 23.9 Å². The van der Waals surface area contributed by atoms with Crippen LogP contribution < -0.4 is 21.7 Å². The summed E-state index contributed by atoms with van der Waals surface area (Å²) in [6, 6.07) is 2.93. The molecule has 1 heterocycles. The Morgan fingerprint density at radius 3 is 2.70 bits per heavy atom. The third kappa shape index (κ3) is 7.39. The molecule has 0 aliphatic heterocycles. The first-order valence-electron chi connectivity index (χ1n) is 10.2. The molecule has 1 aliphatic carbocycles. The van der Waals surface area contributed by atoms with Crippen molar-refractivity contribution in [1.82, 2.24) is 15.6 Å². The number of rotatable bonds is 10. The maximum absolute atomic E-state index is 12.5. The molecule has 2 rings (SSSR count). The number of anilines is 1. The van der Waals surface area contributed by atoms with Crippen LogP contribution in [0.1, 0.15) is 75.6 Å². The van der Waals surface area contributed by atoms with E-state index in [9.17, 15) is 4.79 Å². The van der Waals surface area contributed by atoms with Crippen LogP contribution >= 0.6 is 15.9 Å². The molecule has 7 heteroatoms. The van der Waals surface area contributed by atoms with Gasteiger partial charge in [-0.2, -0.15) is 0 Å². The van der Waals surface area contributed by atoms with Crippen LogP contribution in [0.2, 0.25) is 0 Å². The van der Waals surface area contributed by atoms with Crippen LogP contribution in [-0.4, -0.2) is 35.7 Å². The molecule has 5 N–H and O–H groups in total. The highest BCUT2D eigenvalue weighted by molar-refractivity contribution is 9.10. The molecule has 1 fully saturated rings. The molecule has 1 saturated carbocycles. The molecular formula is C20H34BrN5O. The largest absolute Gasteiger partial charge is 0.369 e. The number of carbonyl (C=O) groups is 1. The molecule has 0 radical (unpaired) electrons. The number of nitrogens with zero attached hydrogens (tertiary/aromatic N) is 1. The van der Waals surface area contributed by atoms with Gasteiger partial charge < -0.3 is 21.7 Å². The number of pyridine rings is 1. The lowest BCUT2D eigenvalue weighted by atomic mass is 9.94. The standard InChI is InChI=1S/C20H34BrN5O/c1-3-15(25-16-8-6-5-7-9-16)10-11-23-19-17(12-14(21)13-24-19)20(27)26-18(22)4-2/h12-13,15-16,18,25H,3-11,22H2,1-2H3,(H,23,24)(H,26,27). The Balaban J connectivity index is 1.91. The molecule has 1 aromatic rings. The van der Waals surface area contributed by atoms with Crippen molar-refractivity contribution in [1.29, 1.82) is 0 Å². The third-order valence-corrected chi connectivity index (χ3v) is 5.64.